The lowest BCUT2D eigenvalue weighted by molar-refractivity contribution is 0.160. The molecule has 0 amide bonds. The number of aromatic nitrogens is 2. The van der Waals surface area contributed by atoms with Crippen LogP contribution in [0.4, 0.5) is 0 Å². The zero-order valence-corrected chi connectivity index (χ0v) is 47.5. The molecule has 0 aliphatic heterocycles. The average Bonchev–Trinajstić information content (AvgIpc) is 3.91. The molecule has 0 aromatic carbocycles. The number of aliphatic hydroxyl groups is 4. The minimum atomic E-state index is 0.143. The number of unbranched alkanes of at least 4 members (excludes halogenated alkanes) is 2. The van der Waals surface area contributed by atoms with Crippen LogP contribution in [-0.2, 0) is 6.54 Å². The third kappa shape index (κ3) is 88.4. The summed E-state index contributed by atoms with van der Waals surface area (Å²) >= 11 is 0. The van der Waals surface area contributed by atoms with Gasteiger partial charge in [-0.1, -0.05) is 0 Å². The Kier molecular flexibility index (Phi) is 90.8. The molecule has 1 heterocycles. The molecule has 0 atom stereocenters. The third-order valence-corrected chi connectivity index (χ3v) is 9.88. The van der Waals surface area contributed by atoms with Gasteiger partial charge in [-0.25, -0.2) is 4.98 Å². The molecule has 1 aromatic heterocycles. The fraction of sp³-hybridized carbons (Fsp3) is 0.939. The minimum Gasteiger partial charge on any atom is -0.396 e. The van der Waals surface area contributed by atoms with Crippen molar-refractivity contribution in [1.82, 2.24) is 66.4 Å². The van der Waals surface area contributed by atoms with Crippen molar-refractivity contribution in [1.29, 1.82) is 0 Å². The second kappa shape index (κ2) is 79.8. The summed E-state index contributed by atoms with van der Waals surface area (Å²) in [5.41, 5.74) is 26.7. The fourth-order valence-corrected chi connectivity index (χ4v) is 5.66. The van der Waals surface area contributed by atoms with Gasteiger partial charge in [0.25, 0.3) is 0 Å². The van der Waals surface area contributed by atoms with E-state index < -0.39 is 0 Å². The highest BCUT2D eigenvalue weighted by molar-refractivity contribution is 4.73. The van der Waals surface area contributed by atoms with E-state index >= 15 is 0 Å². The van der Waals surface area contributed by atoms with Gasteiger partial charge in [-0.05, 0) is 212 Å². The van der Waals surface area contributed by atoms with Crippen molar-refractivity contribution >= 4 is 0 Å². The molecule has 0 aliphatic rings. The Balaban J connectivity index is -0.000000175. The maximum absolute atomic E-state index is 8.61. The topological polar surface area (TPSA) is 326 Å². The van der Waals surface area contributed by atoms with E-state index in [4.69, 9.17) is 49.1 Å². The van der Waals surface area contributed by atoms with E-state index in [-0.39, 0.29) is 19.8 Å². The van der Waals surface area contributed by atoms with Crippen molar-refractivity contribution in [3.63, 3.8) is 0 Å². The van der Waals surface area contributed by atoms with Crippen LogP contribution in [0.25, 0.3) is 0 Å². The van der Waals surface area contributed by atoms with E-state index in [2.05, 4.69) is 78.0 Å². The summed E-state index contributed by atoms with van der Waals surface area (Å²) in [7, 11) is 16.2. The quantitative estimate of drug-likeness (QED) is 0.0287. The SMILES string of the molecule is CN(C)CCCNCCCN.CN(CCCN)CCCN.CNCCCNC.CNCCN(CCNC)CCNC.NCCCN(CCO)CCO.NCCCn1ccnc1.OCCCCCNCCO. The second-order valence-corrected chi connectivity index (χ2v) is 17.0. The summed E-state index contributed by atoms with van der Waals surface area (Å²) < 4.78 is 2.02. The Morgan fingerprint density at radius 2 is 0.859 bits per heavy atom. The number of nitrogens with one attached hydrogen (secondary N) is 7. The number of rotatable bonds is 43. The first-order chi connectivity index (χ1) is 34.5. The van der Waals surface area contributed by atoms with E-state index in [0.29, 0.717) is 32.8 Å². The van der Waals surface area contributed by atoms with Gasteiger partial charge in [0.15, 0.2) is 0 Å². The van der Waals surface area contributed by atoms with Crippen molar-refractivity contribution in [3.8, 4) is 0 Å². The first-order valence-electron chi connectivity index (χ1n) is 26.9. The molecule has 22 heteroatoms. The van der Waals surface area contributed by atoms with Crippen LogP contribution >= 0.6 is 0 Å². The zero-order chi connectivity index (χ0) is 54.5. The van der Waals surface area contributed by atoms with Gasteiger partial charge in [-0.3, -0.25) is 9.80 Å². The van der Waals surface area contributed by atoms with Crippen LogP contribution in [0.1, 0.15) is 64.2 Å². The van der Waals surface area contributed by atoms with Gasteiger partial charge in [-0.15, -0.1) is 0 Å². The van der Waals surface area contributed by atoms with Gasteiger partial charge in [0, 0.05) is 84.4 Å². The number of nitrogens with zero attached hydrogens (tertiary/aromatic N) is 6. The molecule has 0 saturated heterocycles. The highest BCUT2D eigenvalue weighted by Gasteiger charge is 2.02. The van der Waals surface area contributed by atoms with Gasteiger partial charge in [0.2, 0.25) is 0 Å². The van der Waals surface area contributed by atoms with E-state index in [1.807, 2.05) is 50.9 Å². The molecular weight excluding hydrogens is 905 g/mol. The average molecular weight is 1030 g/mol. The van der Waals surface area contributed by atoms with Gasteiger partial charge in [-0.2, -0.15) is 0 Å². The third-order valence-electron chi connectivity index (χ3n) is 9.88. The number of aryl methyl sites for hydroxylation is 1. The number of likely N-dealkylation sites (N-methyl/N-ethyl adjacent to an activating group) is 3. The summed E-state index contributed by atoms with van der Waals surface area (Å²) in [6.07, 6.45) is 16.2. The molecule has 434 valence electrons. The lowest BCUT2D eigenvalue weighted by atomic mass is 10.2. The maximum atomic E-state index is 8.61. The number of hydrogen-bond acceptors (Lipinski definition) is 21. The molecule has 0 saturated carbocycles. The van der Waals surface area contributed by atoms with Crippen LogP contribution in [0.15, 0.2) is 18.7 Å². The Bertz CT molecular complexity index is 911. The summed E-state index contributed by atoms with van der Waals surface area (Å²) in [4.78, 5) is 12.8. The van der Waals surface area contributed by atoms with Crippen LogP contribution in [-0.4, -0.2) is 283 Å². The predicted molar refractivity (Wildman–Crippen MR) is 306 cm³/mol. The van der Waals surface area contributed by atoms with Crippen molar-refractivity contribution in [2.45, 2.75) is 70.8 Å². The van der Waals surface area contributed by atoms with Crippen LogP contribution in [0.5, 0.6) is 0 Å². The summed E-state index contributed by atoms with van der Waals surface area (Å²) in [6.45, 7) is 23.6. The normalized spacial score (nSPS) is 10.5. The van der Waals surface area contributed by atoms with Crippen molar-refractivity contribution < 1.29 is 20.4 Å². The standard InChI is InChI=1S/C9H24N4.C8H21N3.C7H19N3.C7H18N2O2.C7H17NO2.C6H11N3.C5H14N2/c1-10-4-7-13(8-5-11-2)9-6-12-3;1-11(2)8-4-7-10-6-3-5-9;1-10(6-2-4-8)7-3-5-9;8-2-1-3-9(4-6-10)5-7-11;9-6-3-1-2-4-8-5-7-10;7-2-1-4-9-5-3-8-6-9;1-6-4-3-5-7-2/h10-12H,4-9H2,1-3H3;10H,3-9H2,1-2H3;2-9H2,1H3;10-11H,1-8H2;8-10H,1-7H2;3,5-6H,1-2,4,7H2;6-7H,3-5H2,1-2H3. The molecule has 0 spiro atoms. The molecule has 21 N–H and O–H groups in total. The van der Waals surface area contributed by atoms with Gasteiger partial charge in [0.1, 0.15) is 0 Å². The molecule has 1 rings (SSSR count). The van der Waals surface area contributed by atoms with E-state index in [9.17, 15) is 0 Å². The molecule has 0 fully saturated rings. The Morgan fingerprint density at radius 1 is 0.408 bits per heavy atom. The summed E-state index contributed by atoms with van der Waals surface area (Å²) in [5, 5.41) is 56.0. The van der Waals surface area contributed by atoms with Crippen LogP contribution in [0.3, 0.4) is 0 Å². The molecule has 0 aliphatic carbocycles. The number of hydrogen-bond donors (Lipinski definition) is 16. The minimum absolute atomic E-state index is 0.143. The van der Waals surface area contributed by atoms with Gasteiger partial charge < -0.3 is 101 Å². The van der Waals surface area contributed by atoms with E-state index in [0.717, 1.165) is 182 Å². The van der Waals surface area contributed by atoms with Gasteiger partial charge >= 0.3 is 0 Å². The molecule has 1 aromatic rings. The molecule has 22 nitrogen and oxygen atoms in total. The van der Waals surface area contributed by atoms with Crippen LogP contribution < -0.4 is 65.9 Å². The second-order valence-electron chi connectivity index (χ2n) is 17.0. The molecule has 71 heavy (non-hydrogen) atoms. The molecular formula is C49H124N18O4. The lowest BCUT2D eigenvalue weighted by Gasteiger charge is -2.21. The van der Waals surface area contributed by atoms with Crippen molar-refractivity contribution in [2.24, 2.45) is 28.7 Å². The fourth-order valence-electron chi connectivity index (χ4n) is 5.66. The van der Waals surface area contributed by atoms with Gasteiger partial charge in [0.05, 0.1) is 26.1 Å². The Morgan fingerprint density at radius 3 is 1.27 bits per heavy atom. The first kappa shape index (κ1) is 80.8. The zero-order valence-electron chi connectivity index (χ0n) is 47.5. The highest BCUT2D eigenvalue weighted by Crippen LogP contribution is 1.92. The number of imidazole rings is 1. The van der Waals surface area contributed by atoms with Crippen LogP contribution in [0.2, 0.25) is 0 Å². The van der Waals surface area contributed by atoms with Crippen LogP contribution in [0, 0.1) is 0 Å². The Hall–Kier alpha value is -1.59. The molecule has 0 bridgehead atoms. The van der Waals surface area contributed by atoms with Crippen molar-refractivity contribution in [2.75, 3.05) is 233 Å². The monoisotopic (exact) mass is 1030 g/mol. The van der Waals surface area contributed by atoms with Crippen molar-refractivity contribution in [3.05, 3.63) is 18.7 Å². The summed E-state index contributed by atoms with van der Waals surface area (Å²) in [6, 6.07) is 0. The number of nitrogens with two attached hydrogens (primary N) is 5. The van der Waals surface area contributed by atoms with E-state index in [1.54, 1.807) is 12.5 Å². The number of aliphatic hydroxyl groups excluding tert-OH is 4. The largest absolute Gasteiger partial charge is 0.396 e. The molecule has 0 unspecified atom stereocenters. The molecule has 0 radical (unpaired) electrons. The highest BCUT2D eigenvalue weighted by atomic mass is 16.3. The first-order valence-corrected chi connectivity index (χ1v) is 26.9. The predicted octanol–water partition coefficient (Wildman–Crippen LogP) is -3.16. The lowest BCUT2D eigenvalue weighted by Crippen LogP contribution is -2.39. The Labute approximate surface area is 437 Å². The van der Waals surface area contributed by atoms with E-state index in [1.165, 1.54) is 12.8 Å². The summed E-state index contributed by atoms with van der Waals surface area (Å²) in [5.74, 6) is 0. The smallest absolute Gasteiger partial charge is 0.0945 e. The maximum Gasteiger partial charge on any atom is 0.0945 e.